The van der Waals surface area contributed by atoms with Gasteiger partial charge in [-0.15, -0.1) is 11.8 Å². The molecule has 3 heterocycles. The van der Waals surface area contributed by atoms with Gasteiger partial charge in [0.1, 0.15) is 30.1 Å². The number of aromatic nitrogens is 2. The third-order valence-electron chi connectivity index (χ3n) is 3.90. The molecule has 0 unspecified atom stereocenters. The van der Waals surface area contributed by atoms with Crippen molar-refractivity contribution in [1.82, 2.24) is 20.4 Å². The molecule has 1 saturated heterocycles. The normalized spacial score (nSPS) is 21.4. The zero-order chi connectivity index (χ0) is 19.7. The fourth-order valence-electron chi connectivity index (χ4n) is 2.76. The summed E-state index contributed by atoms with van der Waals surface area (Å²) >= 11 is 1.28. The molecule has 3 rings (SSSR count). The standard InChI is InChI=1S/C15H16N4O7S/c1-6-16-10(26-18-6)3-9(21)17-11-13(22)19-12(15(23)24)8(4-25-7(2)20)5-27-14(11)19/h11,14H,3-5H2,1-2H3,(H,17,21)(H,23,24)/t11-,14-/m1/s1. The number of fused-ring (bicyclic) bond motifs is 1. The number of aliphatic carboxylic acids is 1. The monoisotopic (exact) mass is 396 g/mol. The highest BCUT2D eigenvalue weighted by Crippen LogP contribution is 2.40. The number of rotatable bonds is 6. The highest BCUT2D eigenvalue weighted by Gasteiger charge is 2.54. The highest BCUT2D eigenvalue weighted by molar-refractivity contribution is 8.00. The van der Waals surface area contributed by atoms with E-state index in [1.807, 2.05) is 0 Å². The van der Waals surface area contributed by atoms with Gasteiger partial charge in [-0.1, -0.05) is 5.16 Å². The third kappa shape index (κ3) is 3.79. The summed E-state index contributed by atoms with van der Waals surface area (Å²) in [6, 6.07) is -0.851. The second kappa shape index (κ2) is 7.39. The quantitative estimate of drug-likeness (QED) is 0.463. The van der Waals surface area contributed by atoms with Gasteiger partial charge in [-0.05, 0) is 6.92 Å². The van der Waals surface area contributed by atoms with E-state index in [9.17, 15) is 24.3 Å². The van der Waals surface area contributed by atoms with Crippen molar-refractivity contribution in [1.29, 1.82) is 0 Å². The fraction of sp³-hybridized carbons (Fsp3) is 0.467. The largest absolute Gasteiger partial charge is 0.477 e. The number of amides is 2. The van der Waals surface area contributed by atoms with Crippen molar-refractivity contribution in [2.75, 3.05) is 12.4 Å². The van der Waals surface area contributed by atoms with Gasteiger partial charge in [0.25, 0.3) is 5.91 Å². The summed E-state index contributed by atoms with van der Waals surface area (Å²) in [5.74, 6) is -2.08. The van der Waals surface area contributed by atoms with E-state index in [0.717, 1.165) is 4.90 Å². The van der Waals surface area contributed by atoms with Crippen molar-refractivity contribution in [2.24, 2.45) is 0 Å². The van der Waals surface area contributed by atoms with Crippen molar-refractivity contribution in [3.8, 4) is 0 Å². The SMILES string of the molecule is CC(=O)OCC1=C(C(=O)O)N2C(=O)[C@@H](NC(=O)Cc3nc(C)no3)[C@H]2SC1. The van der Waals surface area contributed by atoms with E-state index in [2.05, 4.69) is 15.5 Å². The molecule has 0 aliphatic carbocycles. The zero-order valence-corrected chi connectivity index (χ0v) is 15.2. The summed E-state index contributed by atoms with van der Waals surface area (Å²) in [6.07, 6.45) is -0.179. The second-order valence-electron chi connectivity index (χ2n) is 5.90. The first kappa shape index (κ1) is 18.9. The van der Waals surface area contributed by atoms with Crippen LogP contribution in [0.2, 0.25) is 0 Å². The van der Waals surface area contributed by atoms with Crippen LogP contribution in [0.5, 0.6) is 0 Å². The minimum Gasteiger partial charge on any atom is -0.477 e. The lowest BCUT2D eigenvalue weighted by atomic mass is 10.0. The number of carbonyl (C=O) groups excluding carboxylic acids is 3. The number of hydrogen-bond acceptors (Lipinski definition) is 9. The summed E-state index contributed by atoms with van der Waals surface area (Å²) in [4.78, 5) is 52.1. The molecule has 0 aromatic carbocycles. The van der Waals surface area contributed by atoms with Gasteiger partial charge >= 0.3 is 11.9 Å². The topological polar surface area (TPSA) is 152 Å². The summed E-state index contributed by atoms with van der Waals surface area (Å²) in [5.41, 5.74) is 0.126. The first-order valence-corrected chi connectivity index (χ1v) is 8.94. The zero-order valence-electron chi connectivity index (χ0n) is 14.4. The Hall–Kier alpha value is -2.89. The predicted molar refractivity (Wildman–Crippen MR) is 89.1 cm³/mol. The number of nitrogens with one attached hydrogen (secondary N) is 1. The lowest BCUT2D eigenvalue weighted by molar-refractivity contribution is -0.151. The molecule has 0 saturated carbocycles. The molecule has 0 spiro atoms. The number of β-lactam (4-membered cyclic amide) rings is 1. The first-order chi connectivity index (χ1) is 12.8. The van der Waals surface area contributed by atoms with Crippen molar-refractivity contribution in [3.63, 3.8) is 0 Å². The molecule has 144 valence electrons. The predicted octanol–water partition coefficient (Wildman–Crippen LogP) is -0.778. The average Bonchev–Trinajstić information content (AvgIpc) is 3.01. The van der Waals surface area contributed by atoms with E-state index in [1.165, 1.54) is 18.7 Å². The van der Waals surface area contributed by atoms with Crippen LogP contribution in [-0.2, 0) is 30.3 Å². The number of aryl methyl sites for hydroxylation is 1. The van der Waals surface area contributed by atoms with Crippen LogP contribution in [0.25, 0.3) is 0 Å². The van der Waals surface area contributed by atoms with Crippen molar-refractivity contribution in [3.05, 3.63) is 23.0 Å². The second-order valence-corrected chi connectivity index (χ2v) is 7.01. The molecule has 0 bridgehead atoms. The van der Waals surface area contributed by atoms with Crippen molar-refractivity contribution in [2.45, 2.75) is 31.7 Å². The average molecular weight is 396 g/mol. The van der Waals surface area contributed by atoms with E-state index in [4.69, 9.17) is 9.26 Å². The van der Waals surface area contributed by atoms with E-state index in [0.29, 0.717) is 11.4 Å². The summed E-state index contributed by atoms with van der Waals surface area (Å²) in [6.45, 7) is 2.63. The van der Waals surface area contributed by atoms with Gasteiger partial charge in [-0.25, -0.2) is 4.79 Å². The third-order valence-corrected chi connectivity index (χ3v) is 5.24. The van der Waals surface area contributed by atoms with Crippen LogP contribution in [0.3, 0.4) is 0 Å². The van der Waals surface area contributed by atoms with Crippen molar-refractivity contribution < 1.29 is 33.5 Å². The lowest BCUT2D eigenvalue weighted by Crippen LogP contribution is -2.70. The van der Waals surface area contributed by atoms with Crippen molar-refractivity contribution >= 4 is 35.5 Å². The Morgan fingerprint density at radius 3 is 2.78 bits per heavy atom. The van der Waals surface area contributed by atoms with Gasteiger partial charge < -0.3 is 19.7 Å². The Morgan fingerprint density at radius 2 is 2.19 bits per heavy atom. The lowest BCUT2D eigenvalue weighted by Gasteiger charge is -2.49. The van der Waals surface area contributed by atoms with Gasteiger partial charge in [0.2, 0.25) is 11.8 Å². The van der Waals surface area contributed by atoms with Crippen LogP contribution < -0.4 is 5.32 Å². The maximum atomic E-state index is 12.4. The number of thioether (sulfide) groups is 1. The van der Waals surface area contributed by atoms with E-state index >= 15 is 0 Å². The fourth-order valence-corrected chi connectivity index (χ4v) is 4.08. The highest BCUT2D eigenvalue weighted by atomic mass is 32.2. The number of carboxylic acids is 1. The molecule has 0 radical (unpaired) electrons. The molecule has 12 heteroatoms. The Morgan fingerprint density at radius 1 is 1.44 bits per heavy atom. The molecule has 1 aromatic heterocycles. The Labute approximate surface area is 157 Å². The number of carbonyl (C=O) groups is 4. The molecule has 27 heavy (non-hydrogen) atoms. The number of esters is 1. The van der Waals surface area contributed by atoms with E-state index in [-0.39, 0.29) is 30.4 Å². The van der Waals surface area contributed by atoms with Crippen LogP contribution in [0.15, 0.2) is 15.8 Å². The van der Waals surface area contributed by atoms with Gasteiger partial charge in [0, 0.05) is 18.2 Å². The van der Waals surface area contributed by atoms with Crippen LogP contribution in [0, 0.1) is 6.92 Å². The molecule has 1 fully saturated rings. The molecule has 1 aromatic rings. The minimum atomic E-state index is -1.29. The number of hydrogen-bond donors (Lipinski definition) is 2. The van der Waals surface area contributed by atoms with E-state index < -0.39 is 35.2 Å². The molecule has 11 nitrogen and oxygen atoms in total. The van der Waals surface area contributed by atoms with Crippen LogP contribution in [-0.4, -0.2) is 67.7 Å². The van der Waals surface area contributed by atoms with Gasteiger partial charge in [0.05, 0.1) is 0 Å². The molecule has 2 atom stereocenters. The van der Waals surface area contributed by atoms with Crippen LogP contribution in [0.4, 0.5) is 0 Å². The molecular weight excluding hydrogens is 380 g/mol. The Kier molecular flexibility index (Phi) is 5.17. The molecule has 2 aliphatic heterocycles. The summed E-state index contributed by atoms with van der Waals surface area (Å²) in [7, 11) is 0. The van der Waals surface area contributed by atoms with Gasteiger partial charge in [-0.3, -0.25) is 19.3 Å². The smallest absolute Gasteiger partial charge is 0.352 e. The number of ether oxygens (including phenoxy) is 1. The summed E-state index contributed by atoms with van der Waals surface area (Å²) < 4.78 is 9.72. The van der Waals surface area contributed by atoms with E-state index in [1.54, 1.807) is 6.92 Å². The molecule has 2 amide bonds. The summed E-state index contributed by atoms with van der Waals surface area (Å²) in [5, 5.41) is 15.1. The van der Waals surface area contributed by atoms with Crippen LogP contribution in [0.1, 0.15) is 18.6 Å². The van der Waals surface area contributed by atoms with Gasteiger partial charge in [0.15, 0.2) is 5.82 Å². The van der Waals surface area contributed by atoms with Crippen LogP contribution >= 0.6 is 11.8 Å². The maximum Gasteiger partial charge on any atom is 0.352 e. The number of carboxylic acid groups (broad SMARTS) is 1. The van der Waals surface area contributed by atoms with Gasteiger partial charge in [-0.2, -0.15) is 4.98 Å². The Balaban J connectivity index is 1.68. The molecule has 2 N–H and O–H groups in total. The maximum absolute atomic E-state index is 12.4. The number of nitrogens with zero attached hydrogens (tertiary/aromatic N) is 3. The minimum absolute atomic E-state index is 0.125. The Bertz CT molecular complexity index is 849. The molecule has 2 aliphatic rings. The molecular formula is C15H16N4O7S. The first-order valence-electron chi connectivity index (χ1n) is 7.90.